The Labute approximate surface area is 178 Å². The molecule has 0 fully saturated rings. The van der Waals surface area contributed by atoms with Crippen LogP contribution in [-0.2, 0) is 10.3 Å². The molecule has 4 nitrogen and oxygen atoms in total. The lowest BCUT2D eigenvalue weighted by atomic mass is 9.76. The maximum Gasteiger partial charge on any atom is 0.328 e. The molecule has 0 spiro atoms. The standard InChI is InChI=1S/C26H28N2O2/c1-25(2,3)18-26(27,24(29)30)21-14-16-22(17-15-21)28-23(19-10-6-4-7-11-19)20-12-8-5-9-13-20/h4-17H,18,27H2,1-3H3,(H,29,30). The van der Waals surface area contributed by atoms with Crippen molar-refractivity contribution in [2.24, 2.45) is 16.1 Å². The van der Waals surface area contributed by atoms with Crippen LogP contribution in [0.25, 0.3) is 0 Å². The van der Waals surface area contributed by atoms with Gasteiger partial charge < -0.3 is 10.8 Å². The maximum atomic E-state index is 12.0. The van der Waals surface area contributed by atoms with Crippen LogP contribution in [0.4, 0.5) is 5.69 Å². The third-order valence-electron chi connectivity index (χ3n) is 4.91. The molecule has 0 saturated carbocycles. The maximum absolute atomic E-state index is 12.0. The Bertz CT molecular complexity index is 979. The summed E-state index contributed by atoms with van der Waals surface area (Å²) in [5.41, 5.74) is 8.88. The van der Waals surface area contributed by atoms with Gasteiger partial charge in [0.15, 0.2) is 0 Å². The number of aliphatic imine (C=N–C) groups is 1. The van der Waals surface area contributed by atoms with Gasteiger partial charge in [-0.15, -0.1) is 0 Å². The highest BCUT2D eigenvalue weighted by molar-refractivity contribution is 6.13. The van der Waals surface area contributed by atoms with E-state index in [0.717, 1.165) is 22.5 Å². The zero-order chi connectivity index (χ0) is 21.8. The number of aliphatic carboxylic acids is 1. The number of hydrogen-bond donors (Lipinski definition) is 2. The lowest BCUT2D eigenvalue weighted by molar-refractivity contribution is -0.145. The highest BCUT2D eigenvalue weighted by Gasteiger charge is 2.39. The van der Waals surface area contributed by atoms with Crippen LogP contribution in [0.15, 0.2) is 89.9 Å². The fraction of sp³-hybridized carbons (Fsp3) is 0.231. The molecule has 0 radical (unpaired) electrons. The van der Waals surface area contributed by atoms with Gasteiger partial charge in [-0.1, -0.05) is 93.6 Å². The summed E-state index contributed by atoms with van der Waals surface area (Å²) in [6.07, 6.45) is 0.331. The molecule has 0 aromatic heterocycles. The van der Waals surface area contributed by atoms with Gasteiger partial charge in [0, 0.05) is 11.1 Å². The number of carboxylic acid groups (broad SMARTS) is 1. The summed E-state index contributed by atoms with van der Waals surface area (Å²) in [5, 5.41) is 9.81. The van der Waals surface area contributed by atoms with Crippen molar-refractivity contribution in [3.8, 4) is 0 Å². The summed E-state index contributed by atoms with van der Waals surface area (Å²) in [5.74, 6) is -1.03. The van der Waals surface area contributed by atoms with Crippen molar-refractivity contribution in [1.29, 1.82) is 0 Å². The van der Waals surface area contributed by atoms with E-state index in [2.05, 4.69) is 0 Å². The number of carboxylic acids is 1. The van der Waals surface area contributed by atoms with E-state index < -0.39 is 11.5 Å². The fourth-order valence-electron chi connectivity index (χ4n) is 3.59. The van der Waals surface area contributed by atoms with E-state index in [1.807, 2.05) is 93.6 Å². The van der Waals surface area contributed by atoms with Crippen LogP contribution in [0, 0.1) is 5.41 Å². The second-order valence-corrected chi connectivity index (χ2v) is 8.75. The Morgan fingerprint density at radius 2 is 1.30 bits per heavy atom. The molecule has 3 aromatic rings. The molecule has 3 aromatic carbocycles. The summed E-state index contributed by atoms with van der Waals surface area (Å²) in [4.78, 5) is 16.8. The first-order valence-electron chi connectivity index (χ1n) is 10.0. The van der Waals surface area contributed by atoms with E-state index >= 15 is 0 Å². The minimum Gasteiger partial charge on any atom is -0.480 e. The summed E-state index contributed by atoms with van der Waals surface area (Å²) in [7, 11) is 0. The Morgan fingerprint density at radius 3 is 1.70 bits per heavy atom. The van der Waals surface area contributed by atoms with E-state index in [0.29, 0.717) is 12.0 Å². The number of nitrogens with zero attached hydrogens (tertiary/aromatic N) is 1. The molecule has 0 aliphatic carbocycles. The lowest BCUT2D eigenvalue weighted by Gasteiger charge is -2.32. The van der Waals surface area contributed by atoms with Crippen molar-refractivity contribution in [3.05, 3.63) is 102 Å². The first kappa shape index (κ1) is 21.5. The van der Waals surface area contributed by atoms with E-state index in [1.165, 1.54) is 0 Å². The summed E-state index contributed by atoms with van der Waals surface area (Å²) >= 11 is 0. The minimum atomic E-state index is -1.44. The fourth-order valence-corrected chi connectivity index (χ4v) is 3.59. The van der Waals surface area contributed by atoms with Crippen molar-refractivity contribution >= 4 is 17.4 Å². The molecule has 0 amide bonds. The first-order chi connectivity index (χ1) is 14.2. The van der Waals surface area contributed by atoms with Gasteiger partial charge in [-0.2, -0.15) is 0 Å². The van der Waals surface area contributed by atoms with Crippen molar-refractivity contribution in [2.75, 3.05) is 0 Å². The monoisotopic (exact) mass is 400 g/mol. The van der Waals surface area contributed by atoms with Crippen LogP contribution >= 0.6 is 0 Å². The highest BCUT2D eigenvalue weighted by atomic mass is 16.4. The number of nitrogens with two attached hydrogens (primary N) is 1. The number of carbonyl (C=O) groups is 1. The zero-order valence-electron chi connectivity index (χ0n) is 17.7. The predicted octanol–water partition coefficient (Wildman–Crippen LogP) is 5.53. The zero-order valence-corrected chi connectivity index (χ0v) is 17.7. The lowest BCUT2D eigenvalue weighted by Crippen LogP contribution is -2.47. The third-order valence-corrected chi connectivity index (χ3v) is 4.91. The van der Waals surface area contributed by atoms with Crippen molar-refractivity contribution in [1.82, 2.24) is 0 Å². The van der Waals surface area contributed by atoms with Gasteiger partial charge in [-0.25, -0.2) is 9.79 Å². The molecule has 154 valence electrons. The molecule has 1 atom stereocenters. The predicted molar refractivity (Wildman–Crippen MR) is 122 cm³/mol. The molecule has 0 saturated heterocycles. The molecule has 0 bridgehead atoms. The highest BCUT2D eigenvalue weighted by Crippen LogP contribution is 2.34. The molecule has 0 aliphatic heterocycles. The summed E-state index contributed by atoms with van der Waals surface area (Å²) in [6.45, 7) is 5.96. The molecular weight excluding hydrogens is 372 g/mol. The Kier molecular flexibility index (Phi) is 6.18. The van der Waals surface area contributed by atoms with Gasteiger partial charge in [-0.05, 0) is 29.5 Å². The molecule has 4 heteroatoms. The molecule has 0 aliphatic rings. The minimum absolute atomic E-state index is 0.224. The molecule has 0 heterocycles. The SMILES string of the molecule is CC(C)(C)CC(N)(C(=O)O)c1ccc(N=C(c2ccccc2)c2ccccc2)cc1. The average Bonchev–Trinajstić information content (AvgIpc) is 2.72. The van der Waals surface area contributed by atoms with Crippen molar-refractivity contribution < 1.29 is 9.90 Å². The van der Waals surface area contributed by atoms with Gasteiger partial charge in [0.2, 0.25) is 0 Å². The van der Waals surface area contributed by atoms with E-state index in [-0.39, 0.29) is 5.41 Å². The number of benzene rings is 3. The Balaban J connectivity index is 2.01. The van der Waals surface area contributed by atoms with Crippen LogP contribution in [0.5, 0.6) is 0 Å². The van der Waals surface area contributed by atoms with Gasteiger partial charge in [0.05, 0.1) is 11.4 Å². The van der Waals surface area contributed by atoms with E-state index in [4.69, 9.17) is 10.7 Å². The third kappa shape index (κ3) is 5.02. The van der Waals surface area contributed by atoms with Gasteiger partial charge in [-0.3, -0.25) is 0 Å². The van der Waals surface area contributed by atoms with E-state index in [9.17, 15) is 9.90 Å². The molecule has 3 N–H and O–H groups in total. The molecular formula is C26H28N2O2. The summed E-state index contributed by atoms with van der Waals surface area (Å²) < 4.78 is 0. The second kappa shape index (κ2) is 8.64. The first-order valence-corrected chi connectivity index (χ1v) is 10.0. The molecule has 30 heavy (non-hydrogen) atoms. The van der Waals surface area contributed by atoms with Crippen molar-refractivity contribution in [3.63, 3.8) is 0 Å². The van der Waals surface area contributed by atoms with Crippen LogP contribution in [-0.4, -0.2) is 16.8 Å². The normalized spacial score (nSPS) is 13.3. The van der Waals surface area contributed by atoms with Crippen LogP contribution < -0.4 is 5.73 Å². The quantitative estimate of drug-likeness (QED) is 0.534. The van der Waals surface area contributed by atoms with Crippen LogP contribution in [0.2, 0.25) is 0 Å². The van der Waals surface area contributed by atoms with Crippen LogP contribution in [0.3, 0.4) is 0 Å². The second-order valence-electron chi connectivity index (χ2n) is 8.75. The number of rotatable bonds is 6. The molecule has 3 rings (SSSR count). The smallest absolute Gasteiger partial charge is 0.328 e. The largest absolute Gasteiger partial charge is 0.480 e. The van der Waals surface area contributed by atoms with Gasteiger partial charge >= 0.3 is 5.97 Å². The average molecular weight is 401 g/mol. The Hall–Kier alpha value is -3.24. The van der Waals surface area contributed by atoms with Crippen molar-refractivity contribution in [2.45, 2.75) is 32.7 Å². The Morgan fingerprint density at radius 1 is 0.833 bits per heavy atom. The molecule has 1 unspecified atom stereocenters. The number of hydrogen-bond acceptors (Lipinski definition) is 3. The topological polar surface area (TPSA) is 75.7 Å². The van der Waals surface area contributed by atoms with Gasteiger partial charge in [0.1, 0.15) is 5.54 Å². The van der Waals surface area contributed by atoms with Gasteiger partial charge in [0.25, 0.3) is 0 Å². The van der Waals surface area contributed by atoms with E-state index in [1.54, 1.807) is 12.1 Å². The van der Waals surface area contributed by atoms with Crippen LogP contribution in [0.1, 0.15) is 43.9 Å². The summed E-state index contributed by atoms with van der Waals surface area (Å²) in [6, 6.07) is 27.2.